The van der Waals surface area contributed by atoms with Crippen LogP contribution < -0.4 is 5.32 Å². The van der Waals surface area contributed by atoms with Gasteiger partial charge in [0.2, 0.25) is 11.4 Å². The molecule has 8 heteroatoms. The molecule has 6 nitrogen and oxygen atoms in total. The Morgan fingerprint density at radius 2 is 2.44 bits per heavy atom. The number of hydrogen-bond acceptors (Lipinski definition) is 6. The molecule has 1 fully saturated rings. The van der Waals surface area contributed by atoms with Gasteiger partial charge in [0, 0.05) is 0 Å². The van der Waals surface area contributed by atoms with Crippen LogP contribution in [0.4, 0.5) is 5.13 Å². The Bertz CT molecular complexity index is 473. The Kier molecular flexibility index (Phi) is 4.44. The van der Waals surface area contributed by atoms with Crippen molar-refractivity contribution in [2.75, 3.05) is 5.32 Å². The van der Waals surface area contributed by atoms with Crippen molar-refractivity contribution >= 4 is 34.6 Å². The Hall–Kier alpha value is -0.830. The summed E-state index contributed by atoms with van der Waals surface area (Å²) in [5.41, 5.74) is 0. The SMILES string of the molecule is CCC1CC(C)OC(C(=O)Nc2n[nH]c(=S)s2)O1. The Morgan fingerprint density at radius 1 is 1.67 bits per heavy atom. The van der Waals surface area contributed by atoms with Crippen LogP contribution in [0.1, 0.15) is 26.7 Å². The molecule has 1 amide bonds. The van der Waals surface area contributed by atoms with Crippen LogP contribution in [0, 0.1) is 3.95 Å². The van der Waals surface area contributed by atoms with Gasteiger partial charge in [-0.15, -0.1) is 5.10 Å². The zero-order chi connectivity index (χ0) is 13.1. The molecular formula is C10H15N3O3S2. The van der Waals surface area contributed by atoms with Gasteiger partial charge in [0.05, 0.1) is 12.2 Å². The van der Waals surface area contributed by atoms with E-state index in [2.05, 4.69) is 15.5 Å². The number of carbonyl (C=O) groups is 1. The molecule has 1 aromatic heterocycles. The molecule has 1 aromatic rings. The van der Waals surface area contributed by atoms with Crippen molar-refractivity contribution in [2.24, 2.45) is 0 Å². The van der Waals surface area contributed by atoms with Crippen LogP contribution in [-0.2, 0) is 14.3 Å². The number of aromatic amines is 1. The summed E-state index contributed by atoms with van der Waals surface area (Å²) in [6.07, 6.45) is 0.857. The van der Waals surface area contributed by atoms with Crippen LogP contribution in [-0.4, -0.2) is 34.6 Å². The van der Waals surface area contributed by atoms with Gasteiger partial charge < -0.3 is 9.47 Å². The lowest BCUT2D eigenvalue weighted by Gasteiger charge is -2.32. The molecule has 2 N–H and O–H groups in total. The molecule has 3 atom stereocenters. The minimum absolute atomic E-state index is 0.0109. The van der Waals surface area contributed by atoms with E-state index in [0.717, 1.165) is 12.8 Å². The lowest BCUT2D eigenvalue weighted by Crippen LogP contribution is -2.43. The summed E-state index contributed by atoms with van der Waals surface area (Å²) in [5, 5.41) is 9.49. The number of amides is 1. The fourth-order valence-electron chi connectivity index (χ4n) is 1.73. The number of H-pyrrole nitrogens is 1. The van der Waals surface area contributed by atoms with Crippen molar-refractivity contribution in [3.63, 3.8) is 0 Å². The minimum atomic E-state index is -0.879. The molecule has 1 saturated heterocycles. The zero-order valence-electron chi connectivity index (χ0n) is 10.1. The molecule has 100 valence electrons. The second-order valence-corrected chi connectivity index (χ2v) is 5.75. The number of ether oxygens (including phenoxy) is 2. The molecule has 0 radical (unpaired) electrons. The van der Waals surface area contributed by atoms with Crippen molar-refractivity contribution in [3.8, 4) is 0 Å². The van der Waals surface area contributed by atoms with Gasteiger partial charge in [-0.3, -0.25) is 15.2 Å². The van der Waals surface area contributed by atoms with E-state index < -0.39 is 6.29 Å². The maximum atomic E-state index is 11.9. The number of hydrogen-bond donors (Lipinski definition) is 2. The molecule has 0 bridgehead atoms. The van der Waals surface area contributed by atoms with Crippen molar-refractivity contribution in [1.29, 1.82) is 0 Å². The van der Waals surface area contributed by atoms with E-state index in [-0.39, 0.29) is 18.1 Å². The van der Waals surface area contributed by atoms with Crippen LogP contribution in [0.5, 0.6) is 0 Å². The van der Waals surface area contributed by atoms with Gasteiger partial charge >= 0.3 is 0 Å². The number of rotatable bonds is 3. The van der Waals surface area contributed by atoms with Crippen LogP contribution >= 0.6 is 23.6 Å². The molecular weight excluding hydrogens is 274 g/mol. The third-order valence-electron chi connectivity index (χ3n) is 2.60. The molecule has 0 aliphatic carbocycles. The lowest BCUT2D eigenvalue weighted by molar-refractivity contribution is -0.230. The average molecular weight is 289 g/mol. The molecule has 18 heavy (non-hydrogen) atoms. The van der Waals surface area contributed by atoms with E-state index in [1.54, 1.807) is 0 Å². The summed E-state index contributed by atoms with van der Waals surface area (Å²) in [6, 6.07) is 0. The second kappa shape index (κ2) is 5.87. The number of nitrogens with zero attached hydrogens (tertiary/aromatic N) is 1. The summed E-state index contributed by atoms with van der Waals surface area (Å²) < 4.78 is 11.5. The topological polar surface area (TPSA) is 76.2 Å². The van der Waals surface area contributed by atoms with Gasteiger partial charge in [-0.05, 0) is 32.0 Å². The summed E-state index contributed by atoms with van der Waals surface area (Å²) in [7, 11) is 0. The molecule has 0 saturated carbocycles. The van der Waals surface area contributed by atoms with E-state index in [4.69, 9.17) is 21.7 Å². The largest absolute Gasteiger partial charge is 0.341 e. The monoisotopic (exact) mass is 289 g/mol. The van der Waals surface area contributed by atoms with Crippen molar-refractivity contribution in [1.82, 2.24) is 10.2 Å². The van der Waals surface area contributed by atoms with Crippen molar-refractivity contribution in [2.45, 2.75) is 45.2 Å². The predicted molar refractivity (Wildman–Crippen MR) is 70.0 cm³/mol. The highest BCUT2D eigenvalue weighted by molar-refractivity contribution is 7.73. The van der Waals surface area contributed by atoms with Crippen molar-refractivity contribution < 1.29 is 14.3 Å². The van der Waals surface area contributed by atoms with Gasteiger partial charge in [-0.25, -0.2) is 0 Å². The number of aromatic nitrogens is 2. The highest BCUT2D eigenvalue weighted by Gasteiger charge is 2.32. The third-order valence-corrected chi connectivity index (χ3v) is 3.61. The molecule has 1 aliphatic rings. The first-order chi connectivity index (χ1) is 8.58. The predicted octanol–water partition coefficient (Wildman–Crippen LogP) is 2.07. The summed E-state index contributed by atoms with van der Waals surface area (Å²) in [6.45, 7) is 3.96. The van der Waals surface area contributed by atoms with Gasteiger partial charge in [-0.2, -0.15) is 0 Å². The first kappa shape index (κ1) is 13.6. The number of anilines is 1. The fraction of sp³-hybridized carbons (Fsp3) is 0.700. The quantitative estimate of drug-likeness (QED) is 0.833. The van der Waals surface area contributed by atoms with E-state index in [9.17, 15) is 4.79 Å². The number of nitrogens with one attached hydrogen (secondary N) is 2. The fourth-order valence-corrected chi connectivity index (χ4v) is 2.53. The normalized spacial score (nSPS) is 28.0. The summed E-state index contributed by atoms with van der Waals surface area (Å²) in [5.74, 6) is -0.349. The molecule has 2 heterocycles. The summed E-state index contributed by atoms with van der Waals surface area (Å²) >= 11 is 6.08. The van der Waals surface area contributed by atoms with Crippen LogP contribution in [0.25, 0.3) is 0 Å². The van der Waals surface area contributed by atoms with Gasteiger partial charge in [0.15, 0.2) is 3.95 Å². The number of carbonyl (C=O) groups excluding carboxylic acids is 1. The maximum Gasteiger partial charge on any atom is 0.283 e. The molecule has 2 rings (SSSR count). The first-order valence-corrected chi connectivity index (χ1v) is 6.98. The molecule has 0 spiro atoms. The Balaban J connectivity index is 1.97. The van der Waals surface area contributed by atoms with E-state index in [1.807, 2.05) is 13.8 Å². The van der Waals surface area contributed by atoms with Crippen LogP contribution in [0.15, 0.2) is 0 Å². The lowest BCUT2D eigenvalue weighted by atomic mass is 10.1. The average Bonchev–Trinajstić information content (AvgIpc) is 2.73. The van der Waals surface area contributed by atoms with Gasteiger partial charge in [0.1, 0.15) is 0 Å². The summed E-state index contributed by atoms with van der Waals surface area (Å²) in [4.78, 5) is 11.9. The highest BCUT2D eigenvalue weighted by Crippen LogP contribution is 2.21. The maximum absolute atomic E-state index is 11.9. The third kappa shape index (κ3) is 3.35. The highest BCUT2D eigenvalue weighted by atomic mass is 32.1. The first-order valence-electron chi connectivity index (χ1n) is 5.75. The smallest absolute Gasteiger partial charge is 0.283 e. The Labute approximate surface area is 114 Å². The zero-order valence-corrected chi connectivity index (χ0v) is 11.8. The standard InChI is InChI=1S/C10H15N3O3S2/c1-3-6-4-5(2)15-8(16-6)7(14)11-9-12-13-10(17)18-9/h5-6,8H,3-4H2,1-2H3,(H,13,17)(H,11,12,14). The van der Waals surface area contributed by atoms with E-state index in [1.165, 1.54) is 11.3 Å². The van der Waals surface area contributed by atoms with Crippen molar-refractivity contribution in [3.05, 3.63) is 3.95 Å². The molecule has 0 aromatic carbocycles. The van der Waals surface area contributed by atoms with Crippen LogP contribution in [0.2, 0.25) is 0 Å². The molecule has 3 unspecified atom stereocenters. The minimum Gasteiger partial charge on any atom is -0.341 e. The second-order valence-electron chi connectivity index (χ2n) is 4.09. The van der Waals surface area contributed by atoms with Gasteiger partial charge in [-0.1, -0.05) is 18.3 Å². The van der Waals surface area contributed by atoms with E-state index >= 15 is 0 Å². The Morgan fingerprint density at radius 3 is 3.06 bits per heavy atom. The van der Waals surface area contributed by atoms with Gasteiger partial charge in [0.25, 0.3) is 5.91 Å². The molecule has 1 aliphatic heterocycles. The van der Waals surface area contributed by atoms with Crippen LogP contribution in [0.3, 0.4) is 0 Å². The van der Waals surface area contributed by atoms with E-state index in [0.29, 0.717) is 9.09 Å².